The lowest BCUT2D eigenvalue weighted by Gasteiger charge is -2.08. The van der Waals surface area contributed by atoms with Crippen molar-refractivity contribution in [2.75, 3.05) is 14.2 Å². The number of nitrogens with zero attached hydrogens (tertiary/aromatic N) is 2. The van der Waals surface area contributed by atoms with Crippen LogP contribution in [0.2, 0.25) is 0 Å². The number of aliphatic imine (C=N–C) groups is 1. The number of hydrogen-bond donors (Lipinski definition) is 1. The fourth-order valence-corrected chi connectivity index (χ4v) is 1.99. The van der Waals surface area contributed by atoms with E-state index in [4.69, 9.17) is 9.47 Å². The van der Waals surface area contributed by atoms with Crippen LogP contribution in [-0.4, -0.2) is 30.5 Å². The Bertz CT molecular complexity index is 743. The Balaban J connectivity index is 2.16. The second-order valence-corrected chi connectivity index (χ2v) is 4.66. The Kier molecular flexibility index (Phi) is 5.14. The molecule has 0 saturated carbocycles. The van der Waals surface area contributed by atoms with Crippen molar-refractivity contribution in [3.8, 4) is 17.2 Å². The molecule has 23 heavy (non-hydrogen) atoms. The SMILES string of the molecule is COc1ccc(CN=Cc2cc([N+](=O)[O-])ccc2O)cc1OC. The van der Waals surface area contributed by atoms with Crippen LogP contribution >= 0.6 is 0 Å². The summed E-state index contributed by atoms with van der Waals surface area (Å²) >= 11 is 0. The minimum absolute atomic E-state index is 0.0633. The fourth-order valence-electron chi connectivity index (χ4n) is 1.99. The van der Waals surface area contributed by atoms with E-state index in [-0.39, 0.29) is 11.4 Å². The number of aromatic hydroxyl groups is 1. The topological polar surface area (TPSA) is 94.2 Å². The van der Waals surface area contributed by atoms with Crippen LogP contribution in [0.15, 0.2) is 41.4 Å². The maximum atomic E-state index is 10.7. The van der Waals surface area contributed by atoms with Crippen LogP contribution in [0.3, 0.4) is 0 Å². The molecule has 7 heteroatoms. The minimum atomic E-state index is -0.523. The highest BCUT2D eigenvalue weighted by atomic mass is 16.6. The lowest BCUT2D eigenvalue weighted by atomic mass is 10.2. The monoisotopic (exact) mass is 316 g/mol. The maximum Gasteiger partial charge on any atom is 0.270 e. The van der Waals surface area contributed by atoms with Gasteiger partial charge in [0.2, 0.25) is 0 Å². The van der Waals surface area contributed by atoms with Gasteiger partial charge in [-0.2, -0.15) is 0 Å². The Morgan fingerprint density at radius 3 is 2.57 bits per heavy atom. The number of non-ortho nitro benzene ring substituents is 1. The van der Waals surface area contributed by atoms with Crippen molar-refractivity contribution >= 4 is 11.9 Å². The molecule has 0 spiro atoms. The number of hydrogen-bond acceptors (Lipinski definition) is 6. The van der Waals surface area contributed by atoms with Crippen molar-refractivity contribution < 1.29 is 19.5 Å². The number of phenols is 1. The number of benzene rings is 2. The summed E-state index contributed by atoms with van der Waals surface area (Å²) in [6, 6.07) is 9.19. The molecule has 0 aliphatic carbocycles. The molecule has 2 aromatic carbocycles. The molecule has 0 aliphatic rings. The molecule has 0 atom stereocenters. The van der Waals surface area contributed by atoms with Crippen LogP contribution in [0.4, 0.5) is 5.69 Å². The van der Waals surface area contributed by atoms with Crippen molar-refractivity contribution in [3.05, 3.63) is 57.6 Å². The number of methoxy groups -OCH3 is 2. The highest BCUT2D eigenvalue weighted by Crippen LogP contribution is 2.28. The molecule has 120 valence electrons. The molecule has 0 fully saturated rings. The molecule has 2 aromatic rings. The molecule has 1 N–H and O–H groups in total. The largest absolute Gasteiger partial charge is 0.507 e. The van der Waals surface area contributed by atoms with E-state index in [2.05, 4.69) is 4.99 Å². The van der Waals surface area contributed by atoms with E-state index in [1.165, 1.54) is 24.4 Å². The van der Waals surface area contributed by atoms with Crippen LogP contribution in [0, 0.1) is 10.1 Å². The van der Waals surface area contributed by atoms with Crippen molar-refractivity contribution in [1.82, 2.24) is 0 Å². The minimum Gasteiger partial charge on any atom is -0.507 e. The lowest BCUT2D eigenvalue weighted by molar-refractivity contribution is -0.384. The number of ether oxygens (including phenoxy) is 2. The summed E-state index contributed by atoms with van der Waals surface area (Å²) in [6.45, 7) is 0.336. The fraction of sp³-hybridized carbons (Fsp3) is 0.188. The van der Waals surface area contributed by atoms with Crippen molar-refractivity contribution in [3.63, 3.8) is 0 Å². The first-order valence-electron chi connectivity index (χ1n) is 6.73. The molecule has 0 unspecified atom stereocenters. The Morgan fingerprint density at radius 2 is 1.91 bits per heavy atom. The van der Waals surface area contributed by atoms with Gasteiger partial charge in [0.15, 0.2) is 11.5 Å². The molecule has 0 aromatic heterocycles. The third-order valence-corrected chi connectivity index (χ3v) is 3.17. The van der Waals surface area contributed by atoms with Crippen molar-refractivity contribution in [1.29, 1.82) is 0 Å². The van der Waals surface area contributed by atoms with Crippen molar-refractivity contribution in [2.24, 2.45) is 4.99 Å². The normalized spacial score (nSPS) is 10.7. The summed E-state index contributed by atoms with van der Waals surface area (Å²) in [5, 5.41) is 20.5. The predicted octanol–water partition coefficient (Wildman–Crippen LogP) is 2.94. The quantitative estimate of drug-likeness (QED) is 0.502. The van der Waals surface area contributed by atoms with Gasteiger partial charge in [0.1, 0.15) is 5.75 Å². The van der Waals surface area contributed by atoms with Crippen LogP contribution in [0.5, 0.6) is 17.2 Å². The zero-order valence-corrected chi connectivity index (χ0v) is 12.7. The zero-order valence-electron chi connectivity index (χ0n) is 12.7. The molecule has 0 radical (unpaired) electrons. The predicted molar refractivity (Wildman–Crippen MR) is 85.6 cm³/mol. The average molecular weight is 316 g/mol. The Labute approximate surface area is 133 Å². The first-order chi connectivity index (χ1) is 11.0. The van der Waals surface area contributed by atoms with Crippen LogP contribution in [0.1, 0.15) is 11.1 Å². The summed E-state index contributed by atoms with van der Waals surface area (Å²) < 4.78 is 10.4. The van der Waals surface area contributed by atoms with Gasteiger partial charge in [-0.1, -0.05) is 6.07 Å². The summed E-state index contributed by atoms with van der Waals surface area (Å²) in [7, 11) is 3.10. The van der Waals surface area contributed by atoms with E-state index in [1.54, 1.807) is 26.4 Å². The van der Waals surface area contributed by atoms with E-state index < -0.39 is 4.92 Å². The van der Waals surface area contributed by atoms with Gasteiger partial charge in [-0.25, -0.2) is 0 Å². The number of phenolic OH excluding ortho intramolecular Hbond substituents is 1. The second-order valence-electron chi connectivity index (χ2n) is 4.66. The van der Waals surface area contributed by atoms with Gasteiger partial charge in [-0.15, -0.1) is 0 Å². The van der Waals surface area contributed by atoms with Gasteiger partial charge in [-0.3, -0.25) is 15.1 Å². The van der Waals surface area contributed by atoms with E-state index in [1.807, 2.05) is 6.07 Å². The van der Waals surface area contributed by atoms with E-state index >= 15 is 0 Å². The molecule has 0 heterocycles. The van der Waals surface area contributed by atoms with Crippen LogP contribution < -0.4 is 9.47 Å². The molecule has 7 nitrogen and oxygen atoms in total. The smallest absolute Gasteiger partial charge is 0.270 e. The molecular weight excluding hydrogens is 300 g/mol. The molecule has 0 bridgehead atoms. The maximum absolute atomic E-state index is 10.7. The summed E-state index contributed by atoms with van der Waals surface area (Å²) in [5.41, 5.74) is 1.07. The Morgan fingerprint density at radius 1 is 1.17 bits per heavy atom. The van der Waals surface area contributed by atoms with Gasteiger partial charge in [0.25, 0.3) is 5.69 Å². The highest BCUT2D eigenvalue weighted by molar-refractivity contribution is 5.84. The molecule has 0 amide bonds. The van der Waals surface area contributed by atoms with Gasteiger partial charge >= 0.3 is 0 Å². The van der Waals surface area contributed by atoms with Crippen LogP contribution in [0.25, 0.3) is 0 Å². The van der Waals surface area contributed by atoms with Gasteiger partial charge in [0.05, 0.1) is 25.7 Å². The highest BCUT2D eigenvalue weighted by Gasteiger charge is 2.09. The van der Waals surface area contributed by atoms with Crippen LogP contribution in [-0.2, 0) is 6.54 Å². The third kappa shape index (κ3) is 3.97. The lowest BCUT2D eigenvalue weighted by Crippen LogP contribution is -1.93. The van der Waals surface area contributed by atoms with Gasteiger partial charge < -0.3 is 14.6 Å². The van der Waals surface area contributed by atoms with E-state index in [0.717, 1.165) is 5.56 Å². The summed E-state index contributed by atoms with van der Waals surface area (Å²) in [4.78, 5) is 14.4. The van der Waals surface area contributed by atoms with Crippen molar-refractivity contribution in [2.45, 2.75) is 6.54 Å². The number of nitro groups is 1. The molecule has 0 saturated heterocycles. The molecular formula is C16H16N2O5. The molecule has 0 aliphatic heterocycles. The van der Waals surface area contributed by atoms with E-state index in [9.17, 15) is 15.2 Å². The first-order valence-corrected chi connectivity index (χ1v) is 6.73. The Hall–Kier alpha value is -3.09. The summed E-state index contributed by atoms with van der Waals surface area (Å²) in [5.74, 6) is 1.15. The van der Waals surface area contributed by atoms with E-state index in [0.29, 0.717) is 23.6 Å². The summed E-state index contributed by atoms with van der Waals surface area (Å²) in [6.07, 6.45) is 1.40. The third-order valence-electron chi connectivity index (χ3n) is 3.17. The second kappa shape index (κ2) is 7.26. The first kappa shape index (κ1) is 16.3. The standard InChI is InChI=1S/C16H16N2O5/c1-22-15-6-3-11(7-16(15)23-2)9-17-10-12-8-13(18(20)21)4-5-14(12)19/h3-8,10,19H,9H2,1-2H3. The molecule has 2 rings (SSSR count). The average Bonchev–Trinajstić information content (AvgIpc) is 2.56. The zero-order chi connectivity index (χ0) is 16.8. The number of nitro benzene ring substituents is 1. The van der Waals surface area contributed by atoms with Gasteiger partial charge in [0, 0.05) is 23.9 Å². The van der Waals surface area contributed by atoms with Gasteiger partial charge in [-0.05, 0) is 23.8 Å². The number of rotatable bonds is 6.